The van der Waals surface area contributed by atoms with Crippen molar-refractivity contribution in [3.8, 4) is 11.1 Å². The number of thiophene rings is 1. The van der Waals surface area contributed by atoms with Crippen molar-refractivity contribution in [2.75, 3.05) is 7.18 Å². The number of nitrogens with zero attached hydrogens (tertiary/aromatic N) is 2. The third-order valence-corrected chi connectivity index (χ3v) is 3.45. The van der Waals surface area contributed by atoms with Gasteiger partial charge >= 0.3 is 0 Å². The van der Waals surface area contributed by atoms with Crippen molar-refractivity contribution in [3.63, 3.8) is 0 Å². The number of rotatable bonds is 1. The summed E-state index contributed by atoms with van der Waals surface area (Å²) in [5.41, 5.74) is 2.10. The Morgan fingerprint density at radius 1 is 1.20 bits per heavy atom. The van der Waals surface area contributed by atoms with Gasteiger partial charge < -0.3 is 7.43 Å². The normalized spacial score (nSPS) is 8.95. The molecular weight excluding hydrogens is 372 g/mol. The predicted octanol–water partition coefficient (Wildman–Crippen LogP) is 4.85. The largest absolute Gasteiger partial charge is 0.358 e. The topological polar surface area (TPSA) is 25.8 Å². The quantitative estimate of drug-likeness (QED) is 0.562. The van der Waals surface area contributed by atoms with E-state index >= 15 is 0 Å². The molecule has 0 spiro atoms. The van der Waals surface area contributed by atoms with E-state index < -0.39 is 0 Å². The Hall–Kier alpha value is -0.416. The molecule has 0 aliphatic carbocycles. The van der Waals surface area contributed by atoms with Gasteiger partial charge in [0.2, 0.25) is 0 Å². The van der Waals surface area contributed by atoms with Crippen LogP contribution in [-0.4, -0.2) is 17.4 Å². The van der Waals surface area contributed by atoms with Crippen molar-refractivity contribution in [3.05, 3.63) is 54.5 Å². The molecule has 0 N–H and O–H groups in total. The van der Waals surface area contributed by atoms with Gasteiger partial charge in [0.15, 0.2) is 0 Å². The van der Waals surface area contributed by atoms with Crippen LogP contribution in [0.1, 0.15) is 0 Å². The average Bonchev–Trinajstić information content (AvgIpc) is 2.87. The molecule has 0 saturated heterocycles. The number of benzene rings is 1. The van der Waals surface area contributed by atoms with Crippen molar-refractivity contribution >= 4 is 33.0 Å². The van der Waals surface area contributed by atoms with Gasteiger partial charge in [0, 0.05) is 38.9 Å². The van der Waals surface area contributed by atoms with E-state index in [1.54, 1.807) is 6.20 Å². The Labute approximate surface area is 152 Å². The number of fused-ring (bicyclic) bond motifs is 1. The van der Waals surface area contributed by atoms with E-state index in [4.69, 9.17) is 11.6 Å². The molecule has 2 heterocycles. The van der Waals surface area contributed by atoms with Gasteiger partial charge in [0.05, 0.1) is 7.18 Å². The van der Waals surface area contributed by atoms with Crippen molar-refractivity contribution in [1.82, 2.24) is 10.2 Å². The molecule has 0 aliphatic rings. The van der Waals surface area contributed by atoms with Crippen molar-refractivity contribution in [2.45, 2.75) is 0 Å². The molecule has 103 valence electrons. The molecule has 3 rings (SSSR count). The fraction of sp³-hybridized carbons (Fsp3) is 0.0714. The minimum absolute atomic E-state index is 0. The minimum atomic E-state index is 0. The van der Waals surface area contributed by atoms with E-state index in [0.29, 0.717) is 12.3 Å². The zero-order valence-electron chi connectivity index (χ0n) is 11.1. The first-order valence-electron chi connectivity index (χ1n) is 5.11. The van der Waals surface area contributed by atoms with Crippen LogP contribution in [0.25, 0.3) is 21.2 Å². The summed E-state index contributed by atoms with van der Waals surface area (Å²) in [4.78, 5) is 0. The third-order valence-electron chi connectivity index (χ3n) is 2.35. The van der Waals surface area contributed by atoms with Crippen molar-refractivity contribution < 1.29 is 37.1 Å². The molecular formula is C14H12ClFN2SY-2. The SMILES string of the molecule is CF.Clc1nncc2s[c-]c(-c3ccccc3)c12.[CH3-].[Y]. The predicted molar refractivity (Wildman–Crippen MR) is 80.1 cm³/mol. The molecule has 0 atom stereocenters. The summed E-state index contributed by atoms with van der Waals surface area (Å²) >= 11 is 7.58. The molecule has 1 aromatic carbocycles. The van der Waals surface area contributed by atoms with Gasteiger partial charge in [-0.3, -0.25) is 15.7 Å². The summed E-state index contributed by atoms with van der Waals surface area (Å²) < 4.78 is 10.5. The summed E-state index contributed by atoms with van der Waals surface area (Å²) in [5, 5.41) is 12.3. The average molecular weight is 384 g/mol. The van der Waals surface area contributed by atoms with Gasteiger partial charge in [-0.25, -0.2) is 0 Å². The standard InChI is InChI=1S/C12H6ClN2S.CH3F.CH3.Y/c13-12-11-9(8-4-2-1-3-5-8)7-16-10(11)6-14-15-12;1-2;;/h1-6H;1H3;1H3;/q-1;;-1;. The van der Waals surface area contributed by atoms with Crippen LogP contribution in [0.2, 0.25) is 5.15 Å². The maximum Gasteiger partial charge on any atom is 0.110 e. The summed E-state index contributed by atoms with van der Waals surface area (Å²) in [6.07, 6.45) is 1.72. The second kappa shape index (κ2) is 9.51. The molecule has 20 heavy (non-hydrogen) atoms. The van der Waals surface area contributed by atoms with Crippen LogP contribution in [0.4, 0.5) is 4.39 Å². The van der Waals surface area contributed by atoms with Gasteiger partial charge in [0.25, 0.3) is 0 Å². The van der Waals surface area contributed by atoms with Crippen LogP contribution in [0.15, 0.2) is 36.5 Å². The Morgan fingerprint density at radius 3 is 2.50 bits per heavy atom. The Kier molecular flexibility index (Phi) is 9.31. The summed E-state index contributed by atoms with van der Waals surface area (Å²) in [6.45, 7) is 0. The first-order chi connectivity index (χ1) is 8.86. The summed E-state index contributed by atoms with van der Waals surface area (Å²) in [5.74, 6) is 0. The minimum Gasteiger partial charge on any atom is -0.358 e. The van der Waals surface area contributed by atoms with Gasteiger partial charge in [0.1, 0.15) is 5.15 Å². The smallest absolute Gasteiger partial charge is 0.110 e. The maximum atomic E-state index is 9.50. The number of hydrogen-bond acceptors (Lipinski definition) is 3. The summed E-state index contributed by atoms with van der Waals surface area (Å²) in [7, 11) is 0.500. The number of halogens is 2. The van der Waals surface area contributed by atoms with Gasteiger partial charge in [-0.1, -0.05) is 63.0 Å². The zero-order valence-corrected chi connectivity index (χ0v) is 15.5. The Balaban J connectivity index is 0.000000866. The number of hydrogen-bond donors (Lipinski definition) is 0. The van der Waals surface area contributed by atoms with Gasteiger partial charge in [-0.15, -0.1) is 10.7 Å². The number of alkyl halides is 1. The maximum absolute atomic E-state index is 9.50. The van der Waals surface area contributed by atoms with Crippen molar-refractivity contribution in [2.24, 2.45) is 0 Å². The second-order valence-corrected chi connectivity index (χ2v) is 4.53. The molecule has 2 nitrogen and oxygen atoms in total. The molecule has 0 aliphatic heterocycles. The van der Waals surface area contributed by atoms with Crippen LogP contribution in [0.5, 0.6) is 0 Å². The molecule has 3 aromatic rings. The van der Waals surface area contributed by atoms with Gasteiger partial charge in [-0.2, -0.15) is 5.10 Å². The summed E-state index contributed by atoms with van der Waals surface area (Å²) in [6, 6.07) is 10.0. The van der Waals surface area contributed by atoms with Crippen LogP contribution in [0, 0.1) is 12.8 Å². The van der Waals surface area contributed by atoms with Crippen LogP contribution in [-0.2, 0) is 32.7 Å². The zero-order chi connectivity index (χ0) is 13.0. The molecule has 0 bridgehead atoms. The Bertz CT molecular complexity index is 646. The number of aromatic nitrogens is 2. The molecule has 0 fully saturated rings. The van der Waals surface area contributed by atoms with Crippen LogP contribution >= 0.6 is 22.9 Å². The monoisotopic (exact) mass is 383 g/mol. The van der Waals surface area contributed by atoms with Crippen LogP contribution in [0.3, 0.4) is 0 Å². The van der Waals surface area contributed by atoms with E-state index in [0.717, 1.165) is 21.2 Å². The first-order valence-corrected chi connectivity index (χ1v) is 6.30. The van der Waals surface area contributed by atoms with Gasteiger partial charge in [-0.05, 0) is 0 Å². The molecule has 6 heteroatoms. The van der Waals surface area contributed by atoms with Crippen molar-refractivity contribution in [1.29, 1.82) is 0 Å². The van der Waals surface area contributed by atoms with E-state index in [1.807, 2.05) is 30.3 Å². The molecule has 0 unspecified atom stereocenters. The molecule has 0 amide bonds. The fourth-order valence-electron chi connectivity index (χ4n) is 1.62. The Morgan fingerprint density at radius 2 is 1.85 bits per heavy atom. The third kappa shape index (κ3) is 4.04. The van der Waals surface area contributed by atoms with E-state index in [-0.39, 0.29) is 40.1 Å². The van der Waals surface area contributed by atoms with E-state index in [1.165, 1.54) is 11.3 Å². The molecule has 0 saturated carbocycles. The van der Waals surface area contributed by atoms with E-state index in [2.05, 4.69) is 15.6 Å². The molecule has 1 radical (unpaired) electrons. The first kappa shape index (κ1) is 19.6. The van der Waals surface area contributed by atoms with E-state index in [9.17, 15) is 4.39 Å². The fourth-order valence-corrected chi connectivity index (χ4v) is 2.75. The second-order valence-electron chi connectivity index (χ2n) is 3.32. The van der Waals surface area contributed by atoms with Crippen LogP contribution < -0.4 is 0 Å². The molecule has 2 aromatic heterocycles.